The van der Waals surface area contributed by atoms with Crippen molar-refractivity contribution in [3.63, 3.8) is 0 Å². The van der Waals surface area contributed by atoms with Crippen LogP contribution in [-0.2, 0) is 4.79 Å². The summed E-state index contributed by atoms with van der Waals surface area (Å²) in [4.78, 5) is 26.6. The lowest BCUT2D eigenvalue weighted by atomic mass is 10.1. The van der Waals surface area contributed by atoms with E-state index in [2.05, 4.69) is 6.58 Å². The van der Waals surface area contributed by atoms with Crippen LogP contribution in [0.4, 0.5) is 0 Å². The summed E-state index contributed by atoms with van der Waals surface area (Å²) < 4.78 is 5.46. The van der Waals surface area contributed by atoms with Crippen molar-refractivity contribution in [1.29, 1.82) is 5.41 Å². The minimum atomic E-state index is -0.486. The summed E-state index contributed by atoms with van der Waals surface area (Å²) in [5.41, 5.74) is 8.58. The van der Waals surface area contributed by atoms with Crippen LogP contribution in [-0.4, -0.2) is 35.7 Å². The van der Waals surface area contributed by atoms with Crippen LogP contribution in [0.3, 0.4) is 0 Å². The van der Waals surface area contributed by atoms with Gasteiger partial charge in [-0.05, 0) is 68.3 Å². The molecule has 0 aliphatic heterocycles. The zero-order chi connectivity index (χ0) is 22.3. The number of hydrogen-bond acceptors (Lipinski definition) is 4. The highest BCUT2D eigenvalue weighted by molar-refractivity contribution is 5.98. The Hall–Kier alpha value is -3.67. The smallest absolute Gasteiger partial charge is 0.343 e. The molecule has 1 amide bonds. The second-order valence-electron chi connectivity index (χ2n) is 6.87. The van der Waals surface area contributed by atoms with E-state index in [-0.39, 0.29) is 11.7 Å². The van der Waals surface area contributed by atoms with E-state index in [1.165, 1.54) is 0 Å². The topological polar surface area (TPSA) is 96.5 Å². The molecule has 6 heteroatoms. The van der Waals surface area contributed by atoms with E-state index >= 15 is 0 Å². The SMILES string of the molecule is C=CCN(CC)C(=O)/C(C)=C/c1ccc(C(=O)Oc2ccc(C(=N)N)cc2C)cc1. The number of amidine groups is 1. The number of amides is 1. The van der Waals surface area contributed by atoms with Gasteiger partial charge in [-0.25, -0.2) is 4.79 Å². The van der Waals surface area contributed by atoms with Gasteiger partial charge in [-0.1, -0.05) is 18.2 Å². The lowest BCUT2D eigenvalue weighted by Gasteiger charge is -2.19. The van der Waals surface area contributed by atoms with E-state index in [0.717, 1.165) is 5.56 Å². The molecule has 0 fully saturated rings. The van der Waals surface area contributed by atoms with Crippen molar-refractivity contribution in [2.75, 3.05) is 13.1 Å². The van der Waals surface area contributed by atoms with Gasteiger partial charge in [-0.2, -0.15) is 0 Å². The maximum Gasteiger partial charge on any atom is 0.343 e. The zero-order valence-electron chi connectivity index (χ0n) is 17.6. The van der Waals surface area contributed by atoms with Gasteiger partial charge in [-0.3, -0.25) is 10.2 Å². The summed E-state index contributed by atoms with van der Waals surface area (Å²) in [5, 5.41) is 7.47. The van der Waals surface area contributed by atoms with Crippen molar-refractivity contribution in [2.24, 2.45) is 5.73 Å². The molecule has 0 aliphatic carbocycles. The van der Waals surface area contributed by atoms with Gasteiger partial charge in [0.25, 0.3) is 0 Å². The van der Waals surface area contributed by atoms with Gasteiger partial charge in [0.2, 0.25) is 5.91 Å². The number of likely N-dealkylation sites (N-methyl/N-ethyl adjacent to an activating group) is 1. The van der Waals surface area contributed by atoms with Crippen LogP contribution in [0.2, 0.25) is 0 Å². The highest BCUT2D eigenvalue weighted by Gasteiger charge is 2.13. The fraction of sp³-hybridized carbons (Fsp3) is 0.208. The number of nitrogens with one attached hydrogen (secondary N) is 1. The summed E-state index contributed by atoms with van der Waals surface area (Å²) in [7, 11) is 0. The minimum absolute atomic E-state index is 0.0417. The number of nitrogens with two attached hydrogens (primary N) is 1. The third-order valence-corrected chi connectivity index (χ3v) is 4.57. The fourth-order valence-electron chi connectivity index (χ4n) is 2.88. The molecule has 0 aliphatic rings. The molecule has 2 aromatic rings. The molecule has 0 aromatic heterocycles. The number of nitrogens with zero attached hydrogens (tertiary/aromatic N) is 1. The van der Waals surface area contributed by atoms with Gasteiger partial charge in [0, 0.05) is 24.2 Å². The van der Waals surface area contributed by atoms with Gasteiger partial charge in [0.1, 0.15) is 11.6 Å². The Labute approximate surface area is 177 Å². The highest BCUT2D eigenvalue weighted by atomic mass is 16.5. The van der Waals surface area contributed by atoms with E-state index in [1.807, 2.05) is 6.92 Å². The van der Waals surface area contributed by atoms with E-state index in [4.69, 9.17) is 15.9 Å². The highest BCUT2D eigenvalue weighted by Crippen LogP contribution is 2.21. The molecule has 0 radical (unpaired) electrons. The van der Waals surface area contributed by atoms with Gasteiger partial charge in [0.05, 0.1) is 5.56 Å². The standard InChI is InChI=1S/C24H27N3O3/c1-5-13-27(6-2)23(28)17(4)14-18-7-9-19(10-8-18)24(29)30-21-12-11-20(22(25)26)15-16(21)3/h5,7-12,14-15H,1,6,13H2,2-4H3,(H3,25,26)/b17-14+. The van der Waals surface area contributed by atoms with E-state index in [9.17, 15) is 9.59 Å². The average Bonchev–Trinajstić information content (AvgIpc) is 2.73. The van der Waals surface area contributed by atoms with Gasteiger partial charge in [-0.15, -0.1) is 6.58 Å². The maximum atomic E-state index is 12.5. The molecule has 0 saturated carbocycles. The Morgan fingerprint density at radius 1 is 1.17 bits per heavy atom. The molecule has 3 N–H and O–H groups in total. The maximum absolute atomic E-state index is 12.5. The minimum Gasteiger partial charge on any atom is -0.423 e. The Kier molecular flexibility index (Phi) is 7.69. The van der Waals surface area contributed by atoms with Crippen molar-refractivity contribution >= 4 is 23.8 Å². The first-order valence-corrected chi connectivity index (χ1v) is 9.62. The molecule has 0 unspecified atom stereocenters. The number of nitrogen functional groups attached to an aromatic ring is 1. The van der Waals surface area contributed by atoms with Crippen molar-refractivity contribution in [1.82, 2.24) is 4.90 Å². The number of aryl methyl sites for hydroxylation is 1. The normalized spacial score (nSPS) is 11.0. The summed E-state index contributed by atoms with van der Waals surface area (Å²) in [6, 6.07) is 11.8. The molecule has 30 heavy (non-hydrogen) atoms. The van der Waals surface area contributed by atoms with E-state index in [1.54, 1.807) is 73.4 Å². The van der Waals surface area contributed by atoms with Crippen LogP contribution < -0.4 is 10.5 Å². The van der Waals surface area contributed by atoms with Gasteiger partial charge >= 0.3 is 5.97 Å². The Morgan fingerprint density at radius 3 is 2.33 bits per heavy atom. The lowest BCUT2D eigenvalue weighted by Crippen LogP contribution is -2.31. The van der Waals surface area contributed by atoms with Crippen molar-refractivity contribution in [3.8, 4) is 5.75 Å². The number of carbonyl (C=O) groups is 2. The summed E-state index contributed by atoms with van der Waals surface area (Å²) in [6.07, 6.45) is 3.48. The van der Waals surface area contributed by atoms with Crippen LogP contribution in [0, 0.1) is 12.3 Å². The van der Waals surface area contributed by atoms with E-state index < -0.39 is 5.97 Å². The van der Waals surface area contributed by atoms with Crippen LogP contribution in [0.5, 0.6) is 5.75 Å². The van der Waals surface area contributed by atoms with Crippen molar-refractivity contribution in [3.05, 3.63) is 82.9 Å². The first-order valence-electron chi connectivity index (χ1n) is 9.62. The van der Waals surface area contributed by atoms with Crippen LogP contribution in [0.15, 0.2) is 60.7 Å². The van der Waals surface area contributed by atoms with Crippen LogP contribution >= 0.6 is 0 Å². The second kappa shape index (κ2) is 10.2. The number of benzene rings is 2. The number of esters is 1. The summed E-state index contributed by atoms with van der Waals surface area (Å²) in [5.74, 6) is -0.164. The fourth-order valence-corrected chi connectivity index (χ4v) is 2.88. The summed E-state index contributed by atoms with van der Waals surface area (Å²) in [6.45, 7) is 10.3. The Balaban J connectivity index is 2.11. The van der Waals surface area contributed by atoms with Crippen molar-refractivity contribution < 1.29 is 14.3 Å². The average molecular weight is 405 g/mol. The molecular weight excluding hydrogens is 378 g/mol. The monoisotopic (exact) mass is 405 g/mol. The molecule has 6 nitrogen and oxygen atoms in total. The predicted molar refractivity (Wildman–Crippen MR) is 120 cm³/mol. The zero-order valence-corrected chi connectivity index (χ0v) is 17.6. The molecule has 0 bridgehead atoms. The molecule has 156 valence electrons. The van der Waals surface area contributed by atoms with Gasteiger partial charge < -0.3 is 15.4 Å². The van der Waals surface area contributed by atoms with Gasteiger partial charge in [0.15, 0.2) is 0 Å². The molecule has 2 rings (SSSR count). The molecule has 0 saturated heterocycles. The first-order chi connectivity index (χ1) is 14.3. The summed E-state index contributed by atoms with van der Waals surface area (Å²) >= 11 is 0. The largest absolute Gasteiger partial charge is 0.423 e. The number of rotatable bonds is 8. The first kappa shape index (κ1) is 22.6. The number of carbonyl (C=O) groups excluding carboxylic acids is 2. The Morgan fingerprint density at radius 2 is 1.80 bits per heavy atom. The van der Waals surface area contributed by atoms with Crippen molar-refractivity contribution in [2.45, 2.75) is 20.8 Å². The molecule has 0 heterocycles. The molecule has 0 atom stereocenters. The molecular formula is C24H27N3O3. The molecule has 0 spiro atoms. The Bertz CT molecular complexity index is 991. The molecule has 2 aromatic carbocycles. The predicted octanol–water partition coefficient (Wildman–Crippen LogP) is 3.94. The number of hydrogen-bond donors (Lipinski definition) is 2. The van der Waals surface area contributed by atoms with Crippen LogP contribution in [0.25, 0.3) is 6.08 Å². The number of ether oxygens (including phenoxy) is 1. The van der Waals surface area contributed by atoms with E-state index in [0.29, 0.717) is 41.1 Å². The third kappa shape index (κ3) is 5.67. The second-order valence-corrected chi connectivity index (χ2v) is 6.87. The van der Waals surface area contributed by atoms with Crippen LogP contribution in [0.1, 0.15) is 40.9 Å². The third-order valence-electron chi connectivity index (χ3n) is 4.57. The quantitative estimate of drug-likeness (QED) is 0.174. The lowest BCUT2D eigenvalue weighted by molar-refractivity contribution is -0.126.